The van der Waals surface area contributed by atoms with Crippen molar-refractivity contribution in [3.63, 3.8) is 0 Å². The number of rotatable bonds is 5. The summed E-state index contributed by atoms with van der Waals surface area (Å²) in [7, 11) is 0. The zero-order valence-electron chi connectivity index (χ0n) is 12.0. The summed E-state index contributed by atoms with van der Waals surface area (Å²) in [4.78, 5) is 35.9. The van der Waals surface area contributed by atoms with E-state index in [-0.39, 0.29) is 30.2 Å². The quantitative estimate of drug-likeness (QED) is 0.625. The number of likely N-dealkylation sites (tertiary alicyclic amines) is 1. The average molecular weight is 285 g/mol. The first kappa shape index (κ1) is 16.4. The predicted octanol–water partition coefficient (Wildman–Crippen LogP) is -0.591. The number of hydrogen-bond acceptors (Lipinski definition) is 4. The second-order valence-electron chi connectivity index (χ2n) is 5.48. The van der Waals surface area contributed by atoms with E-state index in [0.29, 0.717) is 25.9 Å². The molecule has 0 saturated carbocycles. The van der Waals surface area contributed by atoms with Gasteiger partial charge in [0.1, 0.15) is 0 Å². The van der Waals surface area contributed by atoms with Crippen LogP contribution in [0.3, 0.4) is 0 Å². The van der Waals surface area contributed by atoms with Crippen LogP contribution in [0.25, 0.3) is 0 Å². The molecule has 0 aromatic heterocycles. The second-order valence-corrected chi connectivity index (χ2v) is 5.48. The minimum atomic E-state index is -0.812. The Hall–Kier alpha value is -1.63. The Bertz CT molecular complexity index is 376. The van der Waals surface area contributed by atoms with E-state index >= 15 is 0 Å². The van der Waals surface area contributed by atoms with Gasteiger partial charge < -0.3 is 21.1 Å². The maximum atomic E-state index is 11.9. The van der Waals surface area contributed by atoms with Crippen molar-refractivity contribution >= 4 is 17.8 Å². The van der Waals surface area contributed by atoms with Gasteiger partial charge in [0.25, 0.3) is 0 Å². The third kappa shape index (κ3) is 4.48. The molecule has 1 rings (SSSR count). The molecule has 1 heterocycles. The van der Waals surface area contributed by atoms with Crippen LogP contribution in [-0.4, -0.2) is 53.5 Å². The predicted molar refractivity (Wildman–Crippen MR) is 72.8 cm³/mol. The molecule has 20 heavy (non-hydrogen) atoms. The highest BCUT2D eigenvalue weighted by atomic mass is 16.4. The normalized spacial score (nSPS) is 17.9. The van der Waals surface area contributed by atoms with Crippen LogP contribution in [0.5, 0.6) is 0 Å². The Labute approximate surface area is 118 Å². The zero-order valence-corrected chi connectivity index (χ0v) is 12.0. The van der Waals surface area contributed by atoms with Crippen LogP contribution in [0.15, 0.2) is 0 Å². The molecule has 0 radical (unpaired) electrons. The van der Waals surface area contributed by atoms with Crippen LogP contribution in [0, 0.1) is 11.8 Å². The minimum Gasteiger partial charge on any atom is -0.481 e. The van der Waals surface area contributed by atoms with E-state index in [2.05, 4.69) is 5.32 Å². The summed E-state index contributed by atoms with van der Waals surface area (Å²) in [6.07, 6.45) is 0.918. The molecule has 0 spiro atoms. The number of carboxylic acid groups (broad SMARTS) is 1. The van der Waals surface area contributed by atoms with E-state index in [1.807, 2.05) is 13.8 Å². The average Bonchev–Trinajstić information content (AvgIpc) is 2.43. The molecule has 1 saturated heterocycles. The first-order valence-corrected chi connectivity index (χ1v) is 6.86. The van der Waals surface area contributed by atoms with Crippen molar-refractivity contribution in [1.29, 1.82) is 0 Å². The summed E-state index contributed by atoms with van der Waals surface area (Å²) >= 11 is 0. The molecule has 1 aliphatic rings. The van der Waals surface area contributed by atoms with Crippen LogP contribution in [-0.2, 0) is 14.4 Å². The van der Waals surface area contributed by atoms with Gasteiger partial charge in [0.2, 0.25) is 11.8 Å². The lowest BCUT2D eigenvalue weighted by Gasteiger charge is -2.30. The molecule has 0 aromatic carbocycles. The fourth-order valence-corrected chi connectivity index (χ4v) is 2.07. The Kier molecular flexibility index (Phi) is 5.94. The number of carbonyl (C=O) groups excluding carboxylic acids is 2. The van der Waals surface area contributed by atoms with Gasteiger partial charge in [-0.2, -0.15) is 0 Å². The maximum Gasteiger partial charge on any atom is 0.306 e. The molecule has 0 aliphatic carbocycles. The molecule has 1 atom stereocenters. The Morgan fingerprint density at radius 2 is 1.85 bits per heavy atom. The summed E-state index contributed by atoms with van der Waals surface area (Å²) in [6, 6.07) is -0.624. The van der Waals surface area contributed by atoms with E-state index in [9.17, 15) is 14.4 Å². The molecule has 4 N–H and O–H groups in total. The van der Waals surface area contributed by atoms with Gasteiger partial charge in [-0.3, -0.25) is 14.4 Å². The van der Waals surface area contributed by atoms with Gasteiger partial charge in [0.05, 0.1) is 18.5 Å². The molecule has 7 heteroatoms. The van der Waals surface area contributed by atoms with Crippen LogP contribution < -0.4 is 11.1 Å². The lowest BCUT2D eigenvalue weighted by molar-refractivity contribution is -0.145. The standard InChI is InChI=1S/C13H23N3O4/c1-8(2)11(14)12(18)15-7-10(17)16-5-3-9(4-6-16)13(19)20/h8-9,11H,3-7,14H2,1-2H3,(H,15,18)(H,19,20)/t11-/m0/s1. The van der Waals surface area contributed by atoms with Gasteiger partial charge in [-0.05, 0) is 18.8 Å². The number of aliphatic carboxylic acids is 1. The van der Waals surface area contributed by atoms with Crippen molar-refractivity contribution < 1.29 is 19.5 Å². The van der Waals surface area contributed by atoms with Crippen LogP contribution in [0.1, 0.15) is 26.7 Å². The number of carbonyl (C=O) groups is 3. The molecule has 114 valence electrons. The number of amides is 2. The van der Waals surface area contributed by atoms with Crippen molar-refractivity contribution in [3.8, 4) is 0 Å². The number of nitrogens with zero attached hydrogens (tertiary/aromatic N) is 1. The number of carboxylic acids is 1. The van der Waals surface area contributed by atoms with Gasteiger partial charge in [0.15, 0.2) is 0 Å². The molecule has 0 unspecified atom stereocenters. The summed E-state index contributed by atoms with van der Waals surface area (Å²) < 4.78 is 0. The summed E-state index contributed by atoms with van der Waals surface area (Å²) in [6.45, 7) is 4.42. The highest BCUT2D eigenvalue weighted by Gasteiger charge is 2.27. The fraction of sp³-hybridized carbons (Fsp3) is 0.769. The summed E-state index contributed by atoms with van der Waals surface area (Å²) in [5.74, 6) is -1.71. The van der Waals surface area contributed by atoms with E-state index in [1.165, 1.54) is 0 Å². The van der Waals surface area contributed by atoms with E-state index in [1.54, 1.807) is 4.90 Å². The molecular weight excluding hydrogens is 262 g/mol. The lowest BCUT2D eigenvalue weighted by Crippen LogP contribution is -2.49. The van der Waals surface area contributed by atoms with Gasteiger partial charge in [-0.15, -0.1) is 0 Å². The highest BCUT2D eigenvalue weighted by molar-refractivity contribution is 5.87. The number of piperidine rings is 1. The van der Waals surface area contributed by atoms with Crippen molar-refractivity contribution in [1.82, 2.24) is 10.2 Å². The van der Waals surface area contributed by atoms with Crippen LogP contribution in [0.2, 0.25) is 0 Å². The molecule has 1 aliphatic heterocycles. The Morgan fingerprint density at radius 3 is 2.30 bits per heavy atom. The van der Waals surface area contributed by atoms with Crippen molar-refractivity contribution in [3.05, 3.63) is 0 Å². The first-order valence-electron chi connectivity index (χ1n) is 6.86. The zero-order chi connectivity index (χ0) is 15.3. The molecular formula is C13H23N3O4. The Morgan fingerprint density at radius 1 is 1.30 bits per heavy atom. The monoisotopic (exact) mass is 285 g/mol. The minimum absolute atomic E-state index is 0.0106. The summed E-state index contributed by atoms with van der Waals surface area (Å²) in [5, 5.41) is 11.4. The van der Waals surface area contributed by atoms with Gasteiger partial charge in [-0.1, -0.05) is 13.8 Å². The number of hydrogen-bond donors (Lipinski definition) is 3. The molecule has 0 aromatic rings. The lowest BCUT2D eigenvalue weighted by atomic mass is 9.97. The SMILES string of the molecule is CC(C)[C@H](N)C(=O)NCC(=O)N1CCC(C(=O)O)CC1. The number of nitrogens with one attached hydrogen (secondary N) is 1. The molecule has 1 fully saturated rings. The van der Waals surface area contributed by atoms with Crippen LogP contribution >= 0.6 is 0 Å². The van der Waals surface area contributed by atoms with Crippen molar-refractivity contribution in [2.45, 2.75) is 32.7 Å². The fourth-order valence-electron chi connectivity index (χ4n) is 2.07. The summed E-state index contributed by atoms with van der Waals surface area (Å²) in [5.41, 5.74) is 5.67. The number of nitrogens with two attached hydrogens (primary N) is 1. The molecule has 7 nitrogen and oxygen atoms in total. The Balaban J connectivity index is 2.34. The third-order valence-corrected chi connectivity index (χ3v) is 3.63. The smallest absolute Gasteiger partial charge is 0.306 e. The molecule has 0 bridgehead atoms. The van der Waals surface area contributed by atoms with E-state index in [0.717, 1.165) is 0 Å². The van der Waals surface area contributed by atoms with E-state index < -0.39 is 12.0 Å². The highest BCUT2D eigenvalue weighted by Crippen LogP contribution is 2.17. The van der Waals surface area contributed by atoms with Gasteiger partial charge >= 0.3 is 5.97 Å². The van der Waals surface area contributed by atoms with Crippen molar-refractivity contribution in [2.24, 2.45) is 17.6 Å². The maximum absolute atomic E-state index is 11.9. The van der Waals surface area contributed by atoms with Gasteiger partial charge in [-0.25, -0.2) is 0 Å². The largest absolute Gasteiger partial charge is 0.481 e. The van der Waals surface area contributed by atoms with Crippen LogP contribution in [0.4, 0.5) is 0 Å². The first-order chi connectivity index (χ1) is 9.32. The molecule has 2 amide bonds. The van der Waals surface area contributed by atoms with E-state index in [4.69, 9.17) is 10.8 Å². The topological polar surface area (TPSA) is 113 Å². The third-order valence-electron chi connectivity index (χ3n) is 3.63. The van der Waals surface area contributed by atoms with Crippen molar-refractivity contribution in [2.75, 3.05) is 19.6 Å². The second kappa shape index (κ2) is 7.23. The van der Waals surface area contributed by atoms with Gasteiger partial charge in [0, 0.05) is 13.1 Å².